The lowest BCUT2D eigenvalue weighted by molar-refractivity contribution is 0.0526. The van der Waals surface area contributed by atoms with Gasteiger partial charge in [0.05, 0.1) is 17.1 Å². The van der Waals surface area contributed by atoms with Crippen LogP contribution >= 0.6 is 11.6 Å². The van der Waals surface area contributed by atoms with E-state index in [2.05, 4.69) is 0 Å². The molecule has 0 atom stereocenters. The van der Waals surface area contributed by atoms with Gasteiger partial charge in [-0.3, -0.25) is 0 Å². The predicted molar refractivity (Wildman–Crippen MR) is 121 cm³/mol. The minimum Gasteiger partial charge on any atom is -0.462 e. The van der Waals surface area contributed by atoms with Gasteiger partial charge in [-0.25, -0.2) is 13.2 Å². The third-order valence-electron chi connectivity index (χ3n) is 4.74. The van der Waals surface area contributed by atoms with Crippen LogP contribution in [0.25, 0.3) is 0 Å². The Morgan fingerprint density at radius 3 is 2.06 bits per heavy atom. The van der Waals surface area contributed by atoms with Crippen molar-refractivity contribution < 1.29 is 17.9 Å². The van der Waals surface area contributed by atoms with Crippen LogP contribution in [-0.4, -0.2) is 25.3 Å². The van der Waals surface area contributed by atoms with E-state index >= 15 is 0 Å². The fourth-order valence-corrected chi connectivity index (χ4v) is 4.78. The number of benzene rings is 3. The molecule has 31 heavy (non-hydrogen) atoms. The number of aryl methyl sites for hydroxylation is 1. The number of carbonyl (C=O) groups is 1. The molecule has 3 aromatic carbocycles. The number of ether oxygens (including phenoxy) is 1. The van der Waals surface area contributed by atoms with Crippen molar-refractivity contribution in [1.82, 2.24) is 4.31 Å². The van der Waals surface area contributed by atoms with E-state index in [0.29, 0.717) is 17.2 Å². The van der Waals surface area contributed by atoms with Crippen molar-refractivity contribution in [3.8, 4) is 0 Å². The third-order valence-corrected chi connectivity index (χ3v) is 6.76. The number of hydrogen-bond donors (Lipinski definition) is 0. The summed E-state index contributed by atoms with van der Waals surface area (Å²) < 4.78 is 33.2. The van der Waals surface area contributed by atoms with Crippen LogP contribution in [0.15, 0.2) is 77.7 Å². The Kier molecular flexibility index (Phi) is 7.49. The minimum absolute atomic E-state index is 0.134. The first-order chi connectivity index (χ1) is 14.8. The van der Waals surface area contributed by atoms with Crippen LogP contribution in [0.5, 0.6) is 0 Å². The smallest absolute Gasteiger partial charge is 0.338 e. The zero-order chi connectivity index (χ0) is 22.4. The first-order valence-corrected chi connectivity index (χ1v) is 11.7. The number of esters is 1. The Hall–Kier alpha value is -2.67. The molecule has 0 aromatic heterocycles. The van der Waals surface area contributed by atoms with Crippen molar-refractivity contribution in [3.05, 3.63) is 100 Å². The molecule has 3 aromatic rings. The van der Waals surface area contributed by atoms with Crippen molar-refractivity contribution in [3.63, 3.8) is 0 Å². The number of nitrogens with zero attached hydrogens (tertiary/aromatic N) is 1. The van der Waals surface area contributed by atoms with Crippen LogP contribution in [0.1, 0.15) is 34.0 Å². The number of carbonyl (C=O) groups excluding carboxylic acids is 1. The highest BCUT2D eigenvalue weighted by Gasteiger charge is 2.25. The van der Waals surface area contributed by atoms with Gasteiger partial charge in [0.2, 0.25) is 10.0 Å². The van der Waals surface area contributed by atoms with E-state index < -0.39 is 16.0 Å². The molecule has 0 spiro atoms. The highest BCUT2D eigenvalue weighted by molar-refractivity contribution is 7.89. The van der Waals surface area contributed by atoms with Crippen molar-refractivity contribution in [2.75, 3.05) is 6.61 Å². The Bertz CT molecular complexity index is 1140. The zero-order valence-electron chi connectivity index (χ0n) is 17.4. The fourth-order valence-electron chi connectivity index (χ4n) is 3.06. The fraction of sp³-hybridized carbons (Fsp3) is 0.208. The summed E-state index contributed by atoms with van der Waals surface area (Å²) in [6.45, 7) is 4.37. The molecule has 0 fully saturated rings. The van der Waals surface area contributed by atoms with Crippen molar-refractivity contribution >= 4 is 27.6 Å². The van der Waals surface area contributed by atoms with E-state index in [0.717, 1.165) is 16.7 Å². The molecule has 5 nitrogen and oxygen atoms in total. The summed E-state index contributed by atoms with van der Waals surface area (Å²) >= 11 is 6.04. The summed E-state index contributed by atoms with van der Waals surface area (Å²) in [5, 5.41) is 0.357. The van der Waals surface area contributed by atoms with Crippen LogP contribution in [0, 0.1) is 6.92 Å². The summed E-state index contributed by atoms with van der Waals surface area (Å²) in [7, 11) is -3.81. The van der Waals surface area contributed by atoms with Crippen LogP contribution < -0.4 is 0 Å². The molecule has 3 rings (SSSR count). The summed E-state index contributed by atoms with van der Waals surface area (Å²) in [4.78, 5) is 12.0. The van der Waals surface area contributed by atoms with Crippen LogP contribution in [0.3, 0.4) is 0 Å². The number of hydrogen-bond acceptors (Lipinski definition) is 4. The Morgan fingerprint density at radius 1 is 0.935 bits per heavy atom. The standard InChI is InChI=1S/C24H24ClNO4S/c1-3-30-24(27)21-13-11-20(12-14-21)17-26(16-19-9-7-18(2)8-10-19)31(28,29)23-6-4-5-22(25)15-23/h4-15H,3,16-17H2,1-2H3. The first kappa shape index (κ1) is 23.0. The maximum atomic E-state index is 13.4. The lowest BCUT2D eigenvalue weighted by Gasteiger charge is -2.23. The normalized spacial score (nSPS) is 11.5. The topological polar surface area (TPSA) is 63.7 Å². The predicted octanol–water partition coefficient (Wildman–Crippen LogP) is 5.22. The Balaban J connectivity index is 1.92. The largest absolute Gasteiger partial charge is 0.462 e. The van der Waals surface area contributed by atoms with Crippen LogP contribution in [0.4, 0.5) is 0 Å². The van der Waals surface area contributed by atoms with E-state index in [-0.39, 0.29) is 18.0 Å². The molecule has 7 heteroatoms. The summed E-state index contributed by atoms with van der Waals surface area (Å²) in [5.41, 5.74) is 3.15. The lowest BCUT2D eigenvalue weighted by atomic mass is 10.1. The van der Waals surface area contributed by atoms with Gasteiger partial charge >= 0.3 is 5.97 Å². The maximum absolute atomic E-state index is 13.4. The highest BCUT2D eigenvalue weighted by Crippen LogP contribution is 2.24. The van der Waals surface area contributed by atoms with Gasteiger partial charge < -0.3 is 4.74 Å². The van der Waals surface area contributed by atoms with E-state index in [1.165, 1.54) is 16.4 Å². The number of rotatable bonds is 8. The van der Waals surface area contributed by atoms with Gasteiger partial charge in [-0.05, 0) is 55.3 Å². The van der Waals surface area contributed by atoms with Crippen LogP contribution in [-0.2, 0) is 27.8 Å². The SMILES string of the molecule is CCOC(=O)c1ccc(CN(Cc2ccc(C)cc2)S(=O)(=O)c2cccc(Cl)c2)cc1. The molecule has 162 valence electrons. The van der Waals surface area contributed by atoms with Gasteiger partial charge in [-0.1, -0.05) is 59.6 Å². The molecule has 0 heterocycles. The monoisotopic (exact) mass is 457 g/mol. The van der Waals surface area contributed by atoms with Gasteiger partial charge in [0.25, 0.3) is 0 Å². The van der Waals surface area contributed by atoms with Crippen molar-refractivity contribution in [2.45, 2.75) is 31.8 Å². The van der Waals surface area contributed by atoms with Gasteiger partial charge in [-0.15, -0.1) is 0 Å². The second kappa shape index (κ2) is 10.1. The number of sulfonamides is 1. The maximum Gasteiger partial charge on any atom is 0.338 e. The number of halogens is 1. The van der Waals surface area contributed by atoms with Gasteiger partial charge in [0.1, 0.15) is 0 Å². The Morgan fingerprint density at radius 2 is 1.52 bits per heavy atom. The zero-order valence-corrected chi connectivity index (χ0v) is 19.0. The van der Waals surface area contributed by atoms with E-state index in [1.54, 1.807) is 43.3 Å². The molecule has 0 amide bonds. The third kappa shape index (κ3) is 5.94. The minimum atomic E-state index is -3.81. The van der Waals surface area contributed by atoms with E-state index in [1.807, 2.05) is 31.2 Å². The molecule has 0 unspecified atom stereocenters. The van der Waals surface area contributed by atoms with Gasteiger partial charge in [0, 0.05) is 18.1 Å². The average molecular weight is 458 g/mol. The Labute approximate surface area is 188 Å². The lowest BCUT2D eigenvalue weighted by Crippen LogP contribution is -2.30. The molecule has 0 aliphatic carbocycles. The highest BCUT2D eigenvalue weighted by atomic mass is 35.5. The molecule has 0 aliphatic rings. The molecular weight excluding hydrogens is 434 g/mol. The van der Waals surface area contributed by atoms with Crippen LogP contribution in [0.2, 0.25) is 5.02 Å². The molecule has 0 bridgehead atoms. The van der Waals surface area contributed by atoms with E-state index in [9.17, 15) is 13.2 Å². The molecule has 0 aliphatic heterocycles. The molecule has 0 N–H and O–H groups in total. The summed E-state index contributed by atoms with van der Waals surface area (Å²) in [5.74, 6) is -0.405. The molecular formula is C24H24ClNO4S. The van der Waals surface area contributed by atoms with Crippen molar-refractivity contribution in [1.29, 1.82) is 0 Å². The van der Waals surface area contributed by atoms with Crippen molar-refractivity contribution in [2.24, 2.45) is 0 Å². The summed E-state index contributed by atoms with van der Waals surface area (Å²) in [6.07, 6.45) is 0. The quantitative estimate of drug-likeness (QED) is 0.435. The van der Waals surface area contributed by atoms with E-state index in [4.69, 9.17) is 16.3 Å². The second-order valence-electron chi connectivity index (χ2n) is 7.13. The molecule has 0 saturated heterocycles. The second-order valence-corrected chi connectivity index (χ2v) is 9.51. The van der Waals surface area contributed by atoms with Gasteiger partial charge in [0.15, 0.2) is 0 Å². The van der Waals surface area contributed by atoms with Gasteiger partial charge in [-0.2, -0.15) is 4.31 Å². The summed E-state index contributed by atoms with van der Waals surface area (Å²) in [6, 6.07) is 20.7. The molecule has 0 saturated carbocycles. The molecule has 0 radical (unpaired) electrons. The first-order valence-electron chi connectivity index (χ1n) is 9.87. The average Bonchev–Trinajstić information content (AvgIpc) is 2.75.